The molecular formula is C8H12N4S. The molecule has 0 atom stereocenters. The van der Waals surface area contributed by atoms with Gasteiger partial charge in [-0.05, 0) is 26.2 Å². The Labute approximate surface area is 81.7 Å². The van der Waals surface area contributed by atoms with Gasteiger partial charge in [-0.3, -0.25) is 5.41 Å². The summed E-state index contributed by atoms with van der Waals surface area (Å²) in [5, 5.41) is 10.5. The quantitative estimate of drug-likeness (QED) is 0.531. The maximum atomic E-state index is 7.39. The highest BCUT2D eigenvalue weighted by Crippen LogP contribution is 2.05. The van der Waals surface area contributed by atoms with E-state index in [0.717, 1.165) is 11.4 Å². The first-order valence-corrected chi connectivity index (χ1v) is 5.06. The number of aromatic nitrogens is 2. The fourth-order valence-corrected chi connectivity index (χ4v) is 1.13. The average Bonchev–Trinajstić information content (AvgIpc) is 2.02. The lowest BCUT2D eigenvalue weighted by Crippen LogP contribution is -2.09. The SMILES string of the molecule is CSC(=N)Nc1nc(C)cc(C)n1. The van der Waals surface area contributed by atoms with E-state index in [1.54, 1.807) is 0 Å². The summed E-state index contributed by atoms with van der Waals surface area (Å²) in [4.78, 5) is 8.29. The second kappa shape index (κ2) is 4.23. The molecule has 4 nitrogen and oxygen atoms in total. The molecule has 0 radical (unpaired) electrons. The molecule has 0 aliphatic heterocycles. The maximum Gasteiger partial charge on any atom is 0.229 e. The Hall–Kier alpha value is -1.10. The summed E-state index contributed by atoms with van der Waals surface area (Å²) < 4.78 is 0. The fraction of sp³-hybridized carbons (Fsp3) is 0.375. The monoisotopic (exact) mass is 196 g/mol. The van der Waals surface area contributed by atoms with Gasteiger partial charge in [0.05, 0.1) is 0 Å². The molecule has 0 aliphatic rings. The predicted octanol–water partition coefficient (Wildman–Crippen LogP) is 1.80. The highest BCUT2D eigenvalue weighted by atomic mass is 32.2. The molecule has 1 aromatic heterocycles. The molecule has 0 fully saturated rings. The largest absolute Gasteiger partial charge is 0.304 e. The average molecular weight is 196 g/mol. The van der Waals surface area contributed by atoms with Crippen molar-refractivity contribution in [1.29, 1.82) is 5.41 Å². The Morgan fingerprint density at radius 1 is 1.38 bits per heavy atom. The van der Waals surface area contributed by atoms with Crippen molar-refractivity contribution < 1.29 is 0 Å². The van der Waals surface area contributed by atoms with Crippen LogP contribution in [-0.4, -0.2) is 21.4 Å². The Bertz CT molecular complexity index is 304. The third kappa shape index (κ3) is 3.02. The first-order chi connectivity index (χ1) is 6.11. The van der Waals surface area contributed by atoms with Crippen LogP contribution in [-0.2, 0) is 0 Å². The van der Waals surface area contributed by atoms with E-state index < -0.39 is 0 Å². The number of thioether (sulfide) groups is 1. The van der Waals surface area contributed by atoms with Gasteiger partial charge in [-0.15, -0.1) is 0 Å². The number of nitrogens with zero attached hydrogens (tertiary/aromatic N) is 2. The van der Waals surface area contributed by atoms with Crippen molar-refractivity contribution in [3.05, 3.63) is 17.5 Å². The lowest BCUT2D eigenvalue weighted by molar-refractivity contribution is 1.06. The van der Waals surface area contributed by atoms with Gasteiger partial charge in [0.1, 0.15) is 0 Å². The molecule has 0 unspecified atom stereocenters. The molecular weight excluding hydrogens is 184 g/mol. The van der Waals surface area contributed by atoms with E-state index in [-0.39, 0.29) is 0 Å². The van der Waals surface area contributed by atoms with Crippen LogP contribution < -0.4 is 5.32 Å². The number of aryl methyl sites for hydroxylation is 2. The number of hydrogen-bond acceptors (Lipinski definition) is 4. The van der Waals surface area contributed by atoms with Gasteiger partial charge < -0.3 is 5.32 Å². The number of amidine groups is 1. The smallest absolute Gasteiger partial charge is 0.229 e. The lowest BCUT2D eigenvalue weighted by Gasteiger charge is -2.04. The summed E-state index contributed by atoms with van der Waals surface area (Å²) in [5.74, 6) is 0.497. The number of anilines is 1. The van der Waals surface area contributed by atoms with E-state index in [1.807, 2.05) is 26.2 Å². The Balaban J connectivity index is 2.83. The van der Waals surface area contributed by atoms with Crippen LogP contribution in [0.25, 0.3) is 0 Å². The van der Waals surface area contributed by atoms with Crippen molar-refractivity contribution in [2.24, 2.45) is 0 Å². The molecule has 5 heteroatoms. The van der Waals surface area contributed by atoms with E-state index in [2.05, 4.69) is 15.3 Å². The second-order valence-electron chi connectivity index (χ2n) is 2.63. The molecule has 1 heterocycles. The normalized spacial score (nSPS) is 9.77. The molecule has 13 heavy (non-hydrogen) atoms. The van der Waals surface area contributed by atoms with Gasteiger partial charge in [0.25, 0.3) is 0 Å². The van der Waals surface area contributed by atoms with E-state index in [0.29, 0.717) is 11.1 Å². The molecule has 1 aromatic rings. The first-order valence-electron chi connectivity index (χ1n) is 3.83. The Morgan fingerprint density at radius 3 is 2.38 bits per heavy atom. The van der Waals surface area contributed by atoms with Crippen molar-refractivity contribution in [2.75, 3.05) is 11.6 Å². The zero-order chi connectivity index (χ0) is 9.84. The van der Waals surface area contributed by atoms with Crippen LogP contribution >= 0.6 is 11.8 Å². The van der Waals surface area contributed by atoms with Crippen LogP contribution in [0.3, 0.4) is 0 Å². The van der Waals surface area contributed by atoms with E-state index >= 15 is 0 Å². The molecule has 1 rings (SSSR count). The van der Waals surface area contributed by atoms with Crippen LogP contribution in [0.4, 0.5) is 5.95 Å². The van der Waals surface area contributed by atoms with Gasteiger partial charge in [-0.25, -0.2) is 9.97 Å². The van der Waals surface area contributed by atoms with Crippen LogP contribution in [0.1, 0.15) is 11.4 Å². The molecule has 2 N–H and O–H groups in total. The molecule has 0 aromatic carbocycles. The Morgan fingerprint density at radius 2 is 1.92 bits per heavy atom. The van der Waals surface area contributed by atoms with Crippen LogP contribution in [0, 0.1) is 19.3 Å². The van der Waals surface area contributed by atoms with Gasteiger partial charge in [0.15, 0.2) is 5.17 Å². The third-order valence-electron chi connectivity index (χ3n) is 1.41. The fourth-order valence-electron chi connectivity index (χ4n) is 0.934. The van der Waals surface area contributed by atoms with Crippen molar-refractivity contribution >= 4 is 22.9 Å². The van der Waals surface area contributed by atoms with Crippen LogP contribution in [0.2, 0.25) is 0 Å². The topological polar surface area (TPSA) is 61.7 Å². The highest BCUT2D eigenvalue weighted by Gasteiger charge is 2.00. The highest BCUT2D eigenvalue weighted by molar-refractivity contribution is 8.13. The molecule has 0 saturated carbocycles. The number of rotatable bonds is 1. The second-order valence-corrected chi connectivity index (χ2v) is 3.45. The lowest BCUT2D eigenvalue weighted by atomic mass is 10.4. The Kier molecular flexibility index (Phi) is 3.25. The van der Waals surface area contributed by atoms with Gasteiger partial charge in [0, 0.05) is 11.4 Å². The molecule has 70 valence electrons. The van der Waals surface area contributed by atoms with Crippen molar-refractivity contribution in [3.63, 3.8) is 0 Å². The summed E-state index contributed by atoms with van der Waals surface area (Å²) >= 11 is 1.32. The van der Waals surface area contributed by atoms with Gasteiger partial charge in [0.2, 0.25) is 5.95 Å². The third-order valence-corrected chi connectivity index (χ3v) is 1.92. The zero-order valence-electron chi connectivity index (χ0n) is 7.88. The van der Waals surface area contributed by atoms with E-state index in [1.165, 1.54) is 11.8 Å². The molecule has 0 aliphatic carbocycles. The van der Waals surface area contributed by atoms with Crippen molar-refractivity contribution in [2.45, 2.75) is 13.8 Å². The molecule has 0 spiro atoms. The maximum absolute atomic E-state index is 7.39. The molecule has 0 bridgehead atoms. The predicted molar refractivity (Wildman–Crippen MR) is 56.4 cm³/mol. The van der Waals surface area contributed by atoms with Gasteiger partial charge >= 0.3 is 0 Å². The number of hydrogen-bond donors (Lipinski definition) is 2. The van der Waals surface area contributed by atoms with Crippen molar-refractivity contribution in [3.8, 4) is 0 Å². The van der Waals surface area contributed by atoms with Gasteiger partial charge in [-0.2, -0.15) is 0 Å². The van der Waals surface area contributed by atoms with E-state index in [4.69, 9.17) is 5.41 Å². The summed E-state index contributed by atoms with van der Waals surface area (Å²) in [7, 11) is 0. The van der Waals surface area contributed by atoms with Gasteiger partial charge in [-0.1, -0.05) is 11.8 Å². The summed E-state index contributed by atoms with van der Waals surface area (Å²) in [6.07, 6.45) is 1.83. The zero-order valence-corrected chi connectivity index (χ0v) is 8.70. The molecule has 0 amide bonds. The van der Waals surface area contributed by atoms with Crippen LogP contribution in [0.15, 0.2) is 6.07 Å². The minimum atomic E-state index is 0.352. The number of nitrogens with one attached hydrogen (secondary N) is 2. The van der Waals surface area contributed by atoms with Crippen molar-refractivity contribution in [1.82, 2.24) is 9.97 Å². The minimum absolute atomic E-state index is 0.352. The summed E-state index contributed by atoms with van der Waals surface area (Å²) in [6, 6.07) is 1.90. The summed E-state index contributed by atoms with van der Waals surface area (Å²) in [5.41, 5.74) is 1.81. The standard InChI is InChI=1S/C8H12N4S/c1-5-4-6(2)11-8(10-5)12-7(9)13-3/h4H,1-3H3,(H2,9,10,11,12). The summed E-state index contributed by atoms with van der Waals surface area (Å²) in [6.45, 7) is 3.81. The molecule has 0 saturated heterocycles. The van der Waals surface area contributed by atoms with Crippen LogP contribution in [0.5, 0.6) is 0 Å². The minimum Gasteiger partial charge on any atom is -0.304 e. The van der Waals surface area contributed by atoms with E-state index in [9.17, 15) is 0 Å². The first kappa shape index (κ1) is 9.98.